The Morgan fingerprint density at radius 1 is 1.26 bits per heavy atom. The zero-order valence-corrected chi connectivity index (χ0v) is 13.1. The number of anilines is 1. The van der Waals surface area contributed by atoms with Gasteiger partial charge in [-0.1, -0.05) is 17.7 Å². The van der Waals surface area contributed by atoms with Crippen molar-refractivity contribution < 1.29 is 9.59 Å². The highest BCUT2D eigenvalue weighted by Crippen LogP contribution is 2.12. The van der Waals surface area contributed by atoms with Gasteiger partial charge in [0.1, 0.15) is 11.6 Å². The summed E-state index contributed by atoms with van der Waals surface area (Å²) >= 11 is 0. The van der Waals surface area contributed by atoms with E-state index >= 15 is 0 Å². The minimum Gasteiger partial charge on any atom is -0.331 e. The Bertz CT molecular complexity index is 638. The Morgan fingerprint density at radius 2 is 1.91 bits per heavy atom. The lowest BCUT2D eigenvalue weighted by molar-refractivity contribution is -0.124. The third-order valence-corrected chi connectivity index (χ3v) is 3.74. The number of piperidine rings is 1. The lowest BCUT2D eigenvalue weighted by Gasteiger charge is -2.20. The molecule has 23 heavy (non-hydrogen) atoms. The maximum atomic E-state index is 12.1. The van der Waals surface area contributed by atoms with Crippen LogP contribution in [0.5, 0.6) is 0 Å². The second kappa shape index (κ2) is 8.11. The summed E-state index contributed by atoms with van der Waals surface area (Å²) in [4.78, 5) is 24.1. The fraction of sp³-hybridized carbons (Fsp3) is 0.353. The second-order valence-corrected chi connectivity index (χ2v) is 5.52. The number of amides is 2. The van der Waals surface area contributed by atoms with Crippen LogP contribution in [0.25, 0.3) is 0 Å². The molecule has 1 aromatic carbocycles. The molecule has 1 fully saturated rings. The molecule has 2 amide bonds. The SMILES string of the molecule is Cc1ccc(NC(=O)/C(C#N)=C\NC(=O)C2CCNCC2)cc1. The molecule has 0 atom stereocenters. The maximum absolute atomic E-state index is 12.1. The molecule has 6 nitrogen and oxygen atoms in total. The molecule has 0 bridgehead atoms. The molecule has 1 saturated heterocycles. The fourth-order valence-corrected chi connectivity index (χ4v) is 2.33. The van der Waals surface area contributed by atoms with Gasteiger partial charge in [-0.05, 0) is 45.0 Å². The Morgan fingerprint density at radius 3 is 2.52 bits per heavy atom. The summed E-state index contributed by atoms with van der Waals surface area (Å²) < 4.78 is 0. The van der Waals surface area contributed by atoms with Crippen molar-refractivity contribution in [1.82, 2.24) is 10.6 Å². The first-order chi connectivity index (χ1) is 11.1. The average Bonchev–Trinajstić information content (AvgIpc) is 2.58. The van der Waals surface area contributed by atoms with Gasteiger partial charge in [-0.15, -0.1) is 0 Å². The van der Waals surface area contributed by atoms with Crippen molar-refractivity contribution in [3.8, 4) is 6.07 Å². The van der Waals surface area contributed by atoms with E-state index in [1.807, 2.05) is 25.1 Å². The summed E-state index contributed by atoms with van der Waals surface area (Å²) in [6.07, 6.45) is 2.71. The van der Waals surface area contributed by atoms with Crippen LogP contribution in [0.15, 0.2) is 36.0 Å². The van der Waals surface area contributed by atoms with Gasteiger partial charge in [-0.2, -0.15) is 5.26 Å². The van der Waals surface area contributed by atoms with Crippen LogP contribution in [-0.2, 0) is 9.59 Å². The predicted octanol–water partition coefficient (Wildman–Crippen LogP) is 1.46. The molecule has 6 heteroatoms. The van der Waals surface area contributed by atoms with E-state index in [0.29, 0.717) is 5.69 Å². The van der Waals surface area contributed by atoms with Crippen LogP contribution in [0.3, 0.4) is 0 Å². The largest absolute Gasteiger partial charge is 0.331 e. The highest BCUT2D eigenvalue weighted by Gasteiger charge is 2.20. The van der Waals surface area contributed by atoms with Gasteiger partial charge in [0, 0.05) is 17.8 Å². The van der Waals surface area contributed by atoms with Gasteiger partial charge < -0.3 is 16.0 Å². The Balaban J connectivity index is 1.94. The predicted molar refractivity (Wildman–Crippen MR) is 87.2 cm³/mol. The van der Waals surface area contributed by atoms with Crippen molar-refractivity contribution in [1.29, 1.82) is 5.26 Å². The number of carbonyl (C=O) groups excluding carboxylic acids is 2. The Kier molecular flexibility index (Phi) is 5.89. The lowest BCUT2D eigenvalue weighted by atomic mass is 9.97. The fourth-order valence-electron chi connectivity index (χ4n) is 2.33. The van der Waals surface area contributed by atoms with Crippen LogP contribution in [0.1, 0.15) is 18.4 Å². The van der Waals surface area contributed by atoms with Crippen molar-refractivity contribution in [3.63, 3.8) is 0 Å². The van der Waals surface area contributed by atoms with Crippen molar-refractivity contribution >= 4 is 17.5 Å². The van der Waals surface area contributed by atoms with Crippen LogP contribution in [-0.4, -0.2) is 24.9 Å². The van der Waals surface area contributed by atoms with Crippen molar-refractivity contribution in [2.45, 2.75) is 19.8 Å². The molecule has 1 aliphatic heterocycles. The van der Waals surface area contributed by atoms with E-state index in [-0.39, 0.29) is 17.4 Å². The molecule has 0 saturated carbocycles. The van der Waals surface area contributed by atoms with E-state index in [1.165, 1.54) is 6.20 Å². The van der Waals surface area contributed by atoms with Crippen molar-refractivity contribution in [2.75, 3.05) is 18.4 Å². The first-order valence-corrected chi connectivity index (χ1v) is 7.59. The van der Waals surface area contributed by atoms with Crippen LogP contribution < -0.4 is 16.0 Å². The lowest BCUT2D eigenvalue weighted by Crippen LogP contribution is -2.36. The molecule has 3 N–H and O–H groups in total. The zero-order chi connectivity index (χ0) is 16.7. The molecule has 0 spiro atoms. The first kappa shape index (κ1) is 16.7. The summed E-state index contributed by atoms with van der Waals surface area (Å²) in [5.74, 6) is -0.767. The molecule has 0 aliphatic carbocycles. The number of aryl methyl sites for hydroxylation is 1. The van der Waals surface area contributed by atoms with Gasteiger partial charge in [-0.25, -0.2) is 0 Å². The quantitative estimate of drug-likeness (QED) is 0.579. The molecule has 120 valence electrons. The first-order valence-electron chi connectivity index (χ1n) is 7.59. The number of hydrogen-bond donors (Lipinski definition) is 3. The minimum absolute atomic E-state index is 0.0763. The third-order valence-electron chi connectivity index (χ3n) is 3.74. The second-order valence-electron chi connectivity index (χ2n) is 5.52. The van der Waals surface area contributed by atoms with Crippen molar-refractivity contribution in [2.24, 2.45) is 5.92 Å². The number of hydrogen-bond acceptors (Lipinski definition) is 4. The molecule has 0 aromatic heterocycles. The number of nitriles is 1. The Labute approximate surface area is 135 Å². The number of rotatable bonds is 4. The molecule has 2 rings (SSSR count). The molecular weight excluding hydrogens is 292 g/mol. The molecular formula is C17H20N4O2. The van der Waals surface area contributed by atoms with Crippen LogP contribution in [0.4, 0.5) is 5.69 Å². The van der Waals surface area contributed by atoms with Gasteiger partial charge in [-0.3, -0.25) is 9.59 Å². The summed E-state index contributed by atoms with van der Waals surface area (Å²) in [5, 5.41) is 17.5. The number of nitrogens with one attached hydrogen (secondary N) is 3. The van der Waals surface area contributed by atoms with Gasteiger partial charge in [0.15, 0.2) is 0 Å². The van der Waals surface area contributed by atoms with E-state index in [1.54, 1.807) is 12.1 Å². The number of nitrogens with zero attached hydrogens (tertiary/aromatic N) is 1. The normalized spacial score (nSPS) is 15.6. The summed E-state index contributed by atoms with van der Waals surface area (Å²) in [6.45, 7) is 3.56. The summed E-state index contributed by atoms with van der Waals surface area (Å²) in [5.41, 5.74) is 1.55. The zero-order valence-electron chi connectivity index (χ0n) is 13.1. The maximum Gasteiger partial charge on any atom is 0.267 e. The highest BCUT2D eigenvalue weighted by atomic mass is 16.2. The minimum atomic E-state index is -0.540. The van der Waals surface area contributed by atoms with E-state index in [2.05, 4.69) is 16.0 Å². The molecule has 0 unspecified atom stereocenters. The van der Waals surface area contributed by atoms with Gasteiger partial charge in [0.2, 0.25) is 5.91 Å². The molecule has 1 aromatic rings. The summed E-state index contributed by atoms with van der Waals surface area (Å²) in [6, 6.07) is 9.06. The van der Waals surface area contributed by atoms with Crippen LogP contribution in [0.2, 0.25) is 0 Å². The highest BCUT2D eigenvalue weighted by molar-refractivity contribution is 6.06. The van der Waals surface area contributed by atoms with Crippen LogP contribution >= 0.6 is 0 Å². The average molecular weight is 312 g/mol. The van der Waals surface area contributed by atoms with Gasteiger partial charge in [0.05, 0.1) is 0 Å². The van der Waals surface area contributed by atoms with E-state index in [0.717, 1.165) is 31.5 Å². The monoisotopic (exact) mass is 312 g/mol. The topological polar surface area (TPSA) is 94.0 Å². The van der Waals surface area contributed by atoms with Crippen molar-refractivity contribution in [3.05, 3.63) is 41.6 Å². The van der Waals surface area contributed by atoms with Gasteiger partial charge in [0.25, 0.3) is 5.91 Å². The molecule has 1 heterocycles. The van der Waals surface area contributed by atoms with Gasteiger partial charge >= 0.3 is 0 Å². The standard InChI is InChI=1S/C17H20N4O2/c1-12-2-4-15(5-3-12)21-17(23)14(10-18)11-20-16(22)13-6-8-19-9-7-13/h2-5,11,13,19H,6-9H2,1H3,(H,20,22)(H,21,23)/b14-11-. The van der Waals surface area contributed by atoms with E-state index < -0.39 is 5.91 Å². The number of benzene rings is 1. The number of carbonyl (C=O) groups is 2. The molecule has 0 radical (unpaired) electrons. The Hall–Kier alpha value is -2.65. The summed E-state index contributed by atoms with van der Waals surface area (Å²) in [7, 11) is 0. The van der Waals surface area contributed by atoms with E-state index in [4.69, 9.17) is 5.26 Å². The van der Waals surface area contributed by atoms with E-state index in [9.17, 15) is 9.59 Å². The van der Waals surface area contributed by atoms with Crippen LogP contribution in [0, 0.1) is 24.2 Å². The third kappa shape index (κ3) is 4.94. The smallest absolute Gasteiger partial charge is 0.267 e. The molecule has 1 aliphatic rings.